The molecule has 0 radical (unpaired) electrons. The number of Topliss-reactive ketones (excluding diaryl/α,β-unsaturated/α-hetero) is 1. The summed E-state index contributed by atoms with van der Waals surface area (Å²) < 4.78 is 0. The van der Waals surface area contributed by atoms with Gasteiger partial charge in [0.25, 0.3) is 0 Å². The molecule has 1 heterocycles. The maximum Gasteiger partial charge on any atom is 0.151 e. The summed E-state index contributed by atoms with van der Waals surface area (Å²) in [5.41, 5.74) is -0.724. The number of piperidine rings is 1. The summed E-state index contributed by atoms with van der Waals surface area (Å²) in [7, 11) is 0. The first-order chi connectivity index (χ1) is 5.21. The van der Waals surface area contributed by atoms with E-state index in [9.17, 15) is 4.79 Å². The van der Waals surface area contributed by atoms with Gasteiger partial charge in [0.1, 0.15) is 5.41 Å². The molecule has 1 rings (SSSR count). The minimum absolute atomic E-state index is 0.00722. The number of carbonyl (C=O) groups is 1. The molecule has 0 aliphatic carbocycles. The van der Waals surface area contributed by atoms with Gasteiger partial charge in [-0.3, -0.25) is 4.79 Å². The number of carbonyl (C=O) groups excluding carboxylic acids is 1. The lowest BCUT2D eigenvalue weighted by Gasteiger charge is -2.28. The van der Waals surface area contributed by atoms with Crippen molar-refractivity contribution in [3.63, 3.8) is 0 Å². The first-order valence-electron chi connectivity index (χ1n) is 3.84. The highest BCUT2D eigenvalue weighted by atomic mass is 16.1. The van der Waals surface area contributed by atoms with Crippen molar-refractivity contribution in [2.45, 2.75) is 19.8 Å². The van der Waals surface area contributed by atoms with Crippen LogP contribution in [0.1, 0.15) is 19.8 Å². The van der Waals surface area contributed by atoms with Gasteiger partial charge in [0.05, 0.1) is 6.07 Å². The average molecular weight is 152 g/mol. The molecule has 0 aromatic heterocycles. The van der Waals surface area contributed by atoms with E-state index in [1.165, 1.54) is 6.92 Å². The monoisotopic (exact) mass is 152 g/mol. The molecule has 1 unspecified atom stereocenters. The smallest absolute Gasteiger partial charge is 0.151 e. The van der Waals surface area contributed by atoms with Crippen LogP contribution in [0.4, 0.5) is 0 Å². The van der Waals surface area contributed by atoms with Crippen LogP contribution in [0, 0.1) is 16.7 Å². The quantitative estimate of drug-likeness (QED) is 0.594. The van der Waals surface area contributed by atoms with Crippen molar-refractivity contribution in [3.8, 4) is 6.07 Å². The van der Waals surface area contributed by atoms with Crippen LogP contribution in [-0.4, -0.2) is 18.9 Å². The fraction of sp³-hybridized carbons (Fsp3) is 0.750. The average Bonchev–Trinajstić information content (AvgIpc) is 2.05. The first-order valence-corrected chi connectivity index (χ1v) is 3.84. The van der Waals surface area contributed by atoms with Gasteiger partial charge in [0.15, 0.2) is 5.78 Å². The van der Waals surface area contributed by atoms with Crippen LogP contribution in [0.25, 0.3) is 0 Å². The number of ketones is 1. The molecule has 1 atom stereocenters. The highest BCUT2D eigenvalue weighted by Crippen LogP contribution is 2.25. The standard InChI is InChI=1S/C8H12N2O/c1-7(11)8(5-9)3-2-4-10-6-8/h10H,2-4,6H2,1H3. The molecular weight excluding hydrogens is 140 g/mol. The lowest BCUT2D eigenvalue weighted by Crippen LogP contribution is -2.43. The van der Waals surface area contributed by atoms with Gasteiger partial charge in [-0.2, -0.15) is 5.26 Å². The zero-order chi connectivity index (χ0) is 8.32. The second-order valence-electron chi connectivity index (χ2n) is 3.03. The van der Waals surface area contributed by atoms with Crippen molar-refractivity contribution < 1.29 is 4.79 Å². The minimum Gasteiger partial charge on any atom is -0.315 e. The summed E-state index contributed by atoms with van der Waals surface area (Å²) in [6.07, 6.45) is 1.64. The van der Waals surface area contributed by atoms with E-state index in [1.54, 1.807) is 0 Å². The van der Waals surface area contributed by atoms with E-state index in [-0.39, 0.29) is 5.78 Å². The van der Waals surface area contributed by atoms with E-state index in [4.69, 9.17) is 5.26 Å². The van der Waals surface area contributed by atoms with Gasteiger partial charge in [0, 0.05) is 6.54 Å². The molecule has 11 heavy (non-hydrogen) atoms. The number of hydrogen-bond donors (Lipinski definition) is 1. The normalized spacial score (nSPS) is 30.9. The topological polar surface area (TPSA) is 52.9 Å². The van der Waals surface area contributed by atoms with Crippen LogP contribution >= 0.6 is 0 Å². The molecule has 0 aromatic rings. The van der Waals surface area contributed by atoms with Crippen LogP contribution in [0.2, 0.25) is 0 Å². The Balaban J connectivity index is 2.75. The predicted octanol–water partition coefficient (Wildman–Crippen LogP) is 0.469. The number of hydrogen-bond acceptors (Lipinski definition) is 3. The Morgan fingerprint density at radius 3 is 2.73 bits per heavy atom. The first kappa shape index (κ1) is 8.22. The van der Waals surface area contributed by atoms with Gasteiger partial charge >= 0.3 is 0 Å². The van der Waals surface area contributed by atoms with Crippen molar-refractivity contribution >= 4 is 5.78 Å². The SMILES string of the molecule is CC(=O)C1(C#N)CCCNC1. The molecule has 1 N–H and O–H groups in total. The van der Waals surface area contributed by atoms with Crippen molar-refractivity contribution in [3.05, 3.63) is 0 Å². The Kier molecular flexibility index (Phi) is 2.25. The van der Waals surface area contributed by atoms with E-state index in [0.717, 1.165) is 13.0 Å². The van der Waals surface area contributed by atoms with Gasteiger partial charge in [-0.05, 0) is 26.3 Å². The van der Waals surface area contributed by atoms with Crippen molar-refractivity contribution in [1.29, 1.82) is 5.26 Å². The van der Waals surface area contributed by atoms with Gasteiger partial charge < -0.3 is 5.32 Å². The maximum absolute atomic E-state index is 11.1. The van der Waals surface area contributed by atoms with Crippen LogP contribution in [0.3, 0.4) is 0 Å². The zero-order valence-electron chi connectivity index (χ0n) is 6.68. The molecular formula is C8H12N2O. The summed E-state index contributed by atoms with van der Waals surface area (Å²) in [6.45, 7) is 2.95. The summed E-state index contributed by atoms with van der Waals surface area (Å²) in [4.78, 5) is 11.1. The third-order valence-electron chi connectivity index (χ3n) is 2.27. The van der Waals surface area contributed by atoms with Crippen LogP contribution < -0.4 is 5.32 Å². The highest BCUT2D eigenvalue weighted by Gasteiger charge is 2.36. The summed E-state index contributed by atoms with van der Waals surface area (Å²) in [6, 6.07) is 2.10. The third-order valence-corrected chi connectivity index (χ3v) is 2.27. The second kappa shape index (κ2) is 3.02. The van der Waals surface area contributed by atoms with E-state index in [2.05, 4.69) is 11.4 Å². The fourth-order valence-electron chi connectivity index (χ4n) is 1.38. The van der Waals surface area contributed by atoms with Gasteiger partial charge in [0.2, 0.25) is 0 Å². The van der Waals surface area contributed by atoms with Crippen molar-refractivity contribution in [1.82, 2.24) is 5.32 Å². The fourth-order valence-corrected chi connectivity index (χ4v) is 1.38. The van der Waals surface area contributed by atoms with Crippen molar-refractivity contribution in [2.75, 3.05) is 13.1 Å². The van der Waals surface area contributed by atoms with Crippen LogP contribution in [-0.2, 0) is 4.79 Å². The molecule has 1 saturated heterocycles. The van der Waals surface area contributed by atoms with Crippen molar-refractivity contribution in [2.24, 2.45) is 5.41 Å². The number of nitrogens with zero attached hydrogens (tertiary/aromatic N) is 1. The Bertz CT molecular complexity index is 199. The molecule has 3 nitrogen and oxygen atoms in total. The van der Waals surface area contributed by atoms with Crippen LogP contribution in [0.15, 0.2) is 0 Å². The molecule has 1 aliphatic heterocycles. The predicted molar refractivity (Wildman–Crippen MR) is 40.8 cm³/mol. The van der Waals surface area contributed by atoms with E-state index < -0.39 is 5.41 Å². The Labute approximate surface area is 66.4 Å². The molecule has 0 spiro atoms. The Hall–Kier alpha value is -0.880. The Morgan fingerprint density at radius 2 is 2.45 bits per heavy atom. The number of nitriles is 1. The zero-order valence-corrected chi connectivity index (χ0v) is 6.68. The molecule has 0 saturated carbocycles. The van der Waals surface area contributed by atoms with Gasteiger partial charge in [-0.15, -0.1) is 0 Å². The molecule has 1 aliphatic rings. The molecule has 60 valence electrons. The summed E-state index contributed by atoms with van der Waals surface area (Å²) in [5.74, 6) is -0.00722. The minimum atomic E-state index is -0.724. The third kappa shape index (κ3) is 1.41. The Morgan fingerprint density at radius 1 is 1.73 bits per heavy atom. The summed E-state index contributed by atoms with van der Waals surface area (Å²) >= 11 is 0. The van der Waals surface area contributed by atoms with Crippen LogP contribution in [0.5, 0.6) is 0 Å². The van der Waals surface area contributed by atoms with Gasteiger partial charge in [-0.1, -0.05) is 0 Å². The largest absolute Gasteiger partial charge is 0.315 e. The van der Waals surface area contributed by atoms with Gasteiger partial charge in [-0.25, -0.2) is 0 Å². The number of rotatable bonds is 1. The maximum atomic E-state index is 11.1. The van der Waals surface area contributed by atoms with E-state index in [1.807, 2.05) is 0 Å². The lowest BCUT2D eigenvalue weighted by molar-refractivity contribution is -0.124. The molecule has 0 amide bonds. The second-order valence-corrected chi connectivity index (χ2v) is 3.03. The molecule has 0 aromatic carbocycles. The van der Waals surface area contributed by atoms with E-state index in [0.29, 0.717) is 13.0 Å². The van der Waals surface area contributed by atoms with E-state index >= 15 is 0 Å². The summed E-state index contributed by atoms with van der Waals surface area (Å²) in [5, 5.41) is 11.9. The number of nitrogens with one attached hydrogen (secondary N) is 1. The molecule has 0 bridgehead atoms. The lowest BCUT2D eigenvalue weighted by atomic mass is 9.79. The molecule has 1 fully saturated rings. The highest BCUT2D eigenvalue weighted by molar-refractivity contribution is 5.85. The molecule has 3 heteroatoms.